The number of aromatic nitrogens is 1. The third kappa shape index (κ3) is 4.73. The van der Waals surface area contributed by atoms with Crippen molar-refractivity contribution in [3.63, 3.8) is 0 Å². The van der Waals surface area contributed by atoms with Crippen LogP contribution in [-0.2, 0) is 17.1 Å². The molecule has 0 aliphatic rings. The standard InChI is InChI=1S/C16H16BrF4N3O3S/c1-8-14(28(26,27)23-9(2)16(19,20)21)7-13(24(8)3)15(25)22-10-4-5-12(18)11(17)6-10/h4-7,9,23H,1-3H3,(H,22,25)/t9-/m1/s1. The summed E-state index contributed by atoms with van der Waals surface area (Å²) in [5.41, 5.74) is 0.218. The Kier molecular flexibility index (Phi) is 6.26. The van der Waals surface area contributed by atoms with Crippen molar-refractivity contribution in [3.05, 3.63) is 45.9 Å². The van der Waals surface area contributed by atoms with E-state index in [0.29, 0.717) is 6.92 Å². The van der Waals surface area contributed by atoms with Gasteiger partial charge in [-0.15, -0.1) is 0 Å². The Morgan fingerprint density at radius 3 is 2.39 bits per heavy atom. The molecule has 1 aromatic carbocycles. The van der Waals surface area contributed by atoms with Gasteiger partial charge in [-0.1, -0.05) is 0 Å². The minimum atomic E-state index is -4.76. The summed E-state index contributed by atoms with van der Waals surface area (Å²) in [4.78, 5) is 12.0. The van der Waals surface area contributed by atoms with Gasteiger partial charge < -0.3 is 9.88 Å². The summed E-state index contributed by atoms with van der Waals surface area (Å²) in [7, 11) is -3.12. The minimum absolute atomic E-state index is 0.0762. The molecule has 0 unspecified atom stereocenters. The molecule has 0 spiro atoms. The molecule has 0 saturated carbocycles. The normalized spacial score (nSPS) is 13.4. The maximum Gasteiger partial charge on any atom is 0.404 e. The molecule has 0 aliphatic carbocycles. The maximum absolute atomic E-state index is 13.3. The van der Waals surface area contributed by atoms with Crippen molar-refractivity contribution < 1.29 is 30.8 Å². The Hall–Kier alpha value is -1.92. The molecule has 2 rings (SSSR count). The van der Waals surface area contributed by atoms with Crippen LogP contribution in [0.1, 0.15) is 23.1 Å². The van der Waals surface area contributed by atoms with E-state index in [1.807, 2.05) is 0 Å². The van der Waals surface area contributed by atoms with Gasteiger partial charge in [-0.25, -0.2) is 12.8 Å². The van der Waals surface area contributed by atoms with Crippen LogP contribution >= 0.6 is 15.9 Å². The molecule has 0 fully saturated rings. The van der Waals surface area contributed by atoms with Crippen LogP contribution in [0.3, 0.4) is 0 Å². The topological polar surface area (TPSA) is 80.2 Å². The first-order valence-electron chi connectivity index (χ1n) is 7.76. The number of benzene rings is 1. The first kappa shape index (κ1) is 22.4. The van der Waals surface area contributed by atoms with Crippen LogP contribution in [0.15, 0.2) is 33.6 Å². The molecule has 1 aromatic heterocycles. The van der Waals surface area contributed by atoms with Gasteiger partial charge in [0.25, 0.3) is 5.91 Å². The average Bonchev–Trinajstić information content (AvgIpc) is 2.86. The van der Waals surface area contributed by atoms with E-state index in [0.717, 1.165) is 12.1 Å². The monoisotopic (exact) mass is 485 g/mol. The zero-order chi connectivity index (χ0) is 21.4. The predicted molar refractivity (Wildman–Crippen MR) is 98.0 cm³/mol. The summed E-state index contributed by atoms with van der Waals surface area (Å²) < 4.78 is 78.9. The molecular weight excluding hydrogens is 470 g/mol. The van der Waals surface area contributed by atoms with Crippen molar-refractivity contribution in [2.24, 2.45) is 7.05 Å². The van der Waals surface area contributed by atoms with Gasteiger partial charge in [0.2, 0.25) is 10.0 Å². The van der Waals surface area contributed by atoms with E-state index in [9.17, 15) is 30.8 Å². The number of hydrogen-bond acceptors (Lipinski definition) is 3. The minimum Gasteiger partial charge on any atom is -0.343 e. The molecule has 6 nitrogen and oxygen atoms in total. The van der Waals surface area contributed by atoms with Crippen molar-refractivity contribution in [2.75, 3.05) is 5.32 Å². The number of carbonyl (C=O) groups is 1. The molecule has 1 amide bonds. The molecule has 0 bridgehead atoms. The van der Waals surface area contributed by atoms with Crippen molar-refractivity contribution in [2.45, 2.75) is 31.0 Å². The highest BCUT2D eigenvalue weighted by Crippen LogP contribution is 2.25. The van der Waals surface area contributed by atoms with Gasteiger partial charge in [0.15, 0.2) is 0 Å². The van der Waals surface area contributed by atoms with Gasteiger partial charge in [0, 0.05) is 18.4 Å². The van der Waals surface area contributed by atoms with Gasteiger partial charge in [-0.05, 0) is 54.0 Å². The first-order valence-corrected chi connectivity index (χ1v) is 10.0. The lowest BCUT2D eigenvalue weighted by molar-refractivity contribution is -0.147. The second-order valence-corrected chi connectivity index (χ2v) is 8.54. The summed E-state index contributed by atoms with van der Waals surface area (Å²) in [6.45, 7) is 2.04. The third-order valence-electron chi connectivity index (χ3n) is 4.01. The molecule has 0 saturated heterocycles. The summed E-state index contributed by atoms with van der Waals surface area (Å²) in [6, 6.07) is 2.42. The van der Waals surface area contributed by atoms with E-state index in [-0.39, 0.29) is 21.5 Å². The maximum atomic E-state index is 13.3. The number of anilines is 1. The van der Waals surface area contributed by atoms with Gasteiger partial charge in [0.1, 0.15) is 22.4 Å². The molecule has 1 atom stereocenters. The number of amides is 1. The van der Waals surface area contributed by atoms with Crippen LogP contribution in [0.5, 0.6) is 0 Å². The number of nitrogens with one attached hydrogen (secondary N) is 2. The van der Waals surface area contributed by atoms with Gasteiger partial charge in [0.05, 0.1) is 4.47 Å². The van der Waals surface area contributed by atoms with Crippen molar-refractivity contribution in [3.8, 4) is 0 Å². The quantitative estimate of drug-likeness (QED) is 0.633. The van der Waals surface area contributed by atoms with E-state index >= 15 is 0 Å². The summed E-state index contributed by atoms with van der Waals surface area (Å²) in [5.74, 6) is -1.25. The number of sulfonamides is 1. The molecule has 0 radical (unpaired) electrons. The molecule has 12 heteroatoms. The van der Waals surface area contributed by atoms with Crippen LogP contribution in [-0.4, -0.2) is 31.1 Å². The Labute approximate surface area is 167 Å². The van der Waals surface area contributed by atoms with E-state index in [1.54, 1.807) is 4.72 Å². The van der Waals surface area contributed by atoms with Crippen LogP contribution in [0.25, 0.3) is 0 Å². The zero-order valence-electron chi connectivity index (χ0n) is 14.9. The highest BCUT2D eigenvalue weighted by molar-refractivity contribution is 9.10. The summed E-state index contributed by atoms with van der Waals surface area (Å²) in [6.07, 6.45) is -4.76. The highest BCUT2D eigenvalue weighted by atomic mass is 79.9. The summed E-state index contributed by atoms with van der Waals surface area (Å²) in [5, 5.41) is 2.47. The van der Waals surface area contributed by atoms with Crippen LogP contribution < -0.4 is 10.0 Å². The number of carbonyl (C=O) groups excluding carboxylic acids is 1. The van der Waals surface area contributed by atoms with E-state index < -0.39 is 38.9 Å². The molecule has 1 heterocycles. The smallest absolute Gasteiger partial charge is 0.343 e. The molecule has 28 heavy (non-hydrogen) atoms. The molecule has 2 aromatic rings. The van der Waals surface area contributed by atoms with Crippen LogP contribution in [0.2, 0.25) is 0 Å². The summed E-state index contributed by atoms with van der Waals surface area (Å²) >= 11 is 2.98. The Balaban J connectivity index is 2.33. The largest absolute Gasteiger partial charge is 0.404 e. The number of halogens is 5. The van der Waals surface area contributed by atoms with Crippen molar-refractivity contribution in [1.29, 1.82) is 0 Å². The lowest BCUT2D eigenvalue weighted by atomic mass is 10.3. The third-order valence-corrected chi connectivity index (χ3v) is 6.28. The fraction of sp³-hybridized carbons (Fsp3) is 0.312. The Morgan fingerprint density at radius 2 is 1.86 bits per heavy atom. The second-order valence-electron chi connectivity index (χ2n) is 6.01. The van der Waals surface area contributed by atoms with E-state index in [1.165, 1.54) is 30.7 Å². The fourth-order valence-corrected chi connectivity index (χ4v) is 4.19. The fourth-order valence-electron chi connectivity index (χ4n) is 2.29. The first-order chi connectivity index (χ1) is 12.7. The van der Waals surface area contributed by atoms with Crippen LogP contribution in [0.4, 0.5) is 23.2 Å². The van der Waals surface area contributed by atoms with Crippen molar-refractivity contribution in [1.82, 2.24) is 9.29 Å². The van der Waals surface area contributed by atoms with Crippen LogP contribution in [0, 0.1) is 12.7 Å². The molecule has 154 valence electrons. The lowest BCUT2D eigenvalue weighted by Crippen LogP contribution is -2.43. The molecule has 2 N–H and O–H groups in total. The number of hydrogen-bond donors (Lipinski definition) is 2. The van der Waals surface area contributed by atoms with Gasteiger partial charge in [-0.3, -0.25) is 4.79 Å². The van der Waals surface area contributed by atoms with Gasteiger partial charge in [-0.2, -0.15) is 17.9 Å². The lowest BCUT2D eigenvalue weighted by Gasteiger charge is -2.17. The molecular formula is C16H16BrF4N3O3S. The second kappa shape index (κ2) is 7.84. The van der Waals surface area contributed by atoms with E-state index in [4.69, 9.17) is 0 Å². The number of rotatable bonds is 5. The van der Waals surface area contributed by atoms with Crippen molar-refractivity contribution >= 4 is 37.5 Å². The van der Waals surface area contributed by atoms with Gasteiger partial charge >= 0.3 is 6.18 Å². The SMILES string of the molecule is Cc1c(S(=O)(=O)N[C@H](C)C(F)(F)F)cc(C(=O)Nc2ccc(F)c(Br)c2)n1C. The Morgan fingerprint density at radius 1 is 1.25 bits per heavy atom. The predicted octanol–water partition coefficient (Wildman–Crippen LogP) is 3.72. The highest BCUT2D eigenvalue weighted by Gasteiger charge is 2.39. The Bertz CT molecular complexity index is 1020. The number of alkyl halides is 3. The average molecular weight is 486 g/mol. The van der Waals surface area contributed by atoms with E-state index in [2.05, 4.69) is 21.2 Å². The zero-order valence-corrected chi connectivity index (χ0v) is 17.3. The number of nitrogens with zero attached hydrogens (tertiary/aromatic N) is 1. The molecule has 0 aliphatic heterocycles.